The normalized spacial score (nSPS) is 15.1. The van der Waals surface area contributed by atoms with Crippen molar-refractivity contribution in [3.05, 3.63) is 28.8 Å². The van der Waals surface area contributed by atoms with Crippen LogP contribution in [-0.4, -0.2) is 10.2 Å². The lowest BCUT2D eigenvalue weighted by molar-refractivity contribution is -0.172. The van der Waals surface area contributed by atoms with Crippen molar-refractivity contribution in [1.82, 2.24) is 0 Å². The summed E-state index contributed by atoms with van der Waals surface area (Å²) in [5.41, 5.74) is 0.864. The van der Waals surface area contributed by atoms with Crippen LogP contribution in [0.25, 0.3) is 0 Å². The van der Waals surface area contributed by atoms with E-state index in [4.69, 9.17) is 0 Å². The molecule has 1 aromatic rings. The highest BCUT2D eigenvalue weighted by Gasteiger charge is 2.30. The molecule has 0 amide bonds. The van der Waals surface area contributed by atoms with Crippen molar-refractivity contribution >= 4 is 8.03 Å². The molecule has 2 N–H and O–H groups in total. The van der Waals surface area contributed by atoms with Gasteiger partial charge in [0.25, 0.3) is 5.85 Å². The lowest BCUT2D eigenvalue weighted by Crippen LogP contribution is -2.18. The van der Waals surface area contributed by atoms with Crippen LogP contribution in [-0.2, 0) is 15.4 Å². The third-order valence-corrected chi connectivity index (χ3v) is 3.94. The topological polar surface area (TPSA) is 80.6 Å². The van der Waals surface area contributed by atoms with E-state index in [-0.39, 0.29) is 16.6 Å². The predicted molar refractivity (Wildman–Crippen MR) is 78.1 cm³/mol. The fraction of sp³-hybridized carbons (Fsp3) is 0.600. The van der Waals surface area contributed by atoms with E-state index in [0.29, 0.717) is 16.7 Å². The van der Waals surface area contributed by atoms with Crippen LogP contribution in [0.5, 0.6) is 5.75 Å². The highest BCUT2D eigenvalue weighted by molar-refractivity contribution is 7.36. The minimum absolute atomic E-state index is 0.169. The summed E-state index contributed by atoms with van der Waals surface area (Å²) in [4.78, 5) is 11.0. The Balaban J connectivity index is 3.63. The van der Waals surface area contributed by atoms with Gasteiger partial charge in [0.05, 0.1) is 0 Å². The van der Waals surface area contributed by atoms with Gasteiger partial charge in [-0.15, -0.1) is 0 Å². The zero-order chi connectivity index (χ0) is 15.9. The molecule has 2 atom stereocenters. The van der Waals surface area contributed by atoms with Gasteiger partial charge < -0.3 is 15.1 Å². The average Bonchev–Trinajstić information content (AvgIpc) is 2.24. The monoisotopic (exact) mass is 298 g/mol. The lowest BCUT2D eigenvalue weighted by Gasteiger charge is -2.28. The Morgan fingerprint density at radius 2 is 1.40 bits per heavy atom. The van der Waals surface area contributed by atoms with Crippen LogP contribution in [0.2, 0.25) is 0 Å². The van der Waals surface area contributed by atoms with Gasteiger partial charge in [0.2, 0.25) is 0 Å². The number of aliphatic hydroxyl groups excluding tert-OH is 1. The maximum Gasteiger partial charge on any atom is 0.346 e. The molecule has 0 saturated carbocycles. The van der Waals surface area contributed by atoms with E-state index in [1.807, 2.05) is 41.5 Å². The number of aliphatic hydroxyl groups is 1. The van der Waals surface area contributed by atoms with Crippen LogP contribution in [0.4, 0.5) is 0 Å². The first kappa shape index (κ1) is 17.1. The van der Waals surface area contributed by atoms with Crippen molar-refractivity contribution in [2.75, 3.05) is 0 Å². The second kappa shape index (κ2) is 5.44. The van der Waals surface area contributed by atoms with Gasteiger partial charge >= 0.3 is 8.03 Å². The number of phenolic OH excluding ortho intramolecular Hbond substituents is 1. The summed E-state index contributed by atoms with van der Waals surface area (Å²) in [6, 6.07) is 3.14. The molecule has 20 heavy (non-hydrogen) atoms. The Labute approximate surface area is 121 Å². The third-order valence-electron chi connectivity index (χ3n) is 3.25. The molecule has 0 aliphatic heterocycles. The van der Waals surface area contributed by atoms with Crippen molar-refractivity contribution in [3.63, 3.8) is 0 Å². The summed E-state index contributed by atoms with van der Waals surface area (Å²) in [7, 11) is -2.97. The number of hydrogen-bond donors (Lipinski definition) is 2. The fourth-order valence-corrected chi connectivity index (χ4v) is 2.46. The average molecular weight is 298 g/mol. The van der Waals surface area contributed by atoms with E-state index in [2.05, 4.69) is 0 Å². The Morgan fingerprint density at radius 1 is 1.05 bits per heavy atom. The maximum atomic E-state index is 11.0. The summed E-state index contributed by atoms with van der Waals surface area (Å²) in [6.07, 6.45) is 0. The van der Waals surface area contributed by atoms with Gasteiger partial charge in [-0.25, -0.2) is 0 Å². The number of hydrogen-bond acceptors (Lipinski definition) is 4. The van der Waals surface area contributed by atoms with E-state index >= 15 is 0 Å². The maximum absolute atomic E-state index is 11.0. The number of aromatic hydroxyl groups is 1. The minimum Gasteiger partial charge on any atom is -0.593 e. The van der Waals surface area contributed by atoms with Crippen molar-refractivity contribution in [2.45, 2.75) is 58.2 Å². The quantitative estimate of drug-likeness (QED) is 0.822. The molecule has 0 aliphatic carbocycles. The second-order valence-electron chi connectivity index (χ2n) is 7.12. The molecule has 0 fully saturated rings. The SMILES string of the molecule is CC(C)(C)c1cc(C(O)[P+](=O)[O-])cc(C(C)(C)C)c1O. The first-order valence-electron chi connectivity index (χ1n) is 6.55. The molecule has 0 bridgehead atoms. The Hall–Kier alpha value is -0.960. The summed E-state index contributed by atoms with van der Waals surface area (Å²) in [5, 5.41) is 20.3. The molecule has 2 unspecified atom stereocenters. The fourth-order valence-electron chi connectivity index (χ4n) is 2.07. The van der Waals surface area contributed by atoms with Gasteiger partial charge in [-0.2, -0.15) is 0 Å². The van der Waals surface area contributed by atoms with Gasteiger partial charge in [0.15, 0.2) is 0 Å². The highest BCUT2D eigenvalue weighted by Crippen LogP contribution is 2.43. The second-order valence-corrected chi connectivity index (χ2v) is 8.18. The first-order valence-corrected chi connectivity index (χ1v) is 7.80. The Bertz CT molecular complexity index is 489. The predicted octanol–water partition coefficient (Wildman–Crippen LogP) is 3.08. The summed E-state index contributed by atoms with van der Waals surface area (Å²) in [5.74, 6) is -1.38. The van der Waals surface area contributed by atoms with E-state index in [1.165, 1.54) is 0 Å². The van der Waals surface area contributed by atoms with Crippen LogP contribution in [0.3, 0.4) is 0 Å². The summed E-state index contributed by atoms with van der Waals surface area (Å²) >= 11 is 0. The molecule has 5 heteroatoms. The van der Waals surface area contributed by atoms with Gasteiger partial charge in [-0.1, -0.05) is 46.1 Å². The van der Waals surface area contributed by atoms with Crippen LogP contribution >= 0.6 is 8.03 Å². The molecule has 0 heterocycles. The van der Waals surface area contributed by atoms with Crippen molar-refractivity contribution < 1.29 is 19.7 Å². The molecule has 1 aromatic carbocycles. The molecular weight excluding hydrogens is 275 g/mol. The molecular formula is C15H23O4P. The molecule has 0 saturated heterocycles. The van der Waals surface area contributed by atoms with E-state index in [1.54, 1.807) is 12.1 Å². The highest BCUT2D eigenvalue weighted by atomic mass is 31.1. The summed E-state index contributed by atoms with van der Waals surface area (Å²) in [6.45, 7) is 11.6. The third kappa shape index (κ3) is 3.57. The molecule has 0 aliphatic rings. The number of phenols is 1. The van der Waals surface area contributed by atoms with Crippen LogP contribution in [0, 0.1) is 0 Å². The molecule has 0 spiro atoms. The standard InChI is InChI=1S/C15H23O4P/c1-14(2,3)10-7-9(13(17)20(18)19)8-11(12(10)16)15(4,5)6/h7-8,13,16-17H,1-6H3. The molecule has 1 rings (SSSR count). The van der Waals surface area contributed by atoms with Crippen molar-refractivity contribution in [1.29, 1.82) is 0 Å². The molecule has 0 radical (unpaired) electrons. The Kier molecular flexibility index (Phi) is 4.65. The largest absolute Gasteiger partial charge is 0.593 e. The van der Waals surface area contributed by atoms with Crippen molar-refractivity contribution in [2.24, 2.45) is 0 Å². The van der Waals surface area contributed by atoms with Gasteiger partial charge in [-0.05, 0) is 23.0 Å². The van der Waals surface area contributed by atoms with Crippen LogP contribution in [0.1, 0.15) is 64.1 Å². The number of rotatable bonds is 2. The van der Waals surface area contributed by atoms with E-state index in [9.17, 15) is 19.7 Å². The van der Waals surface area contributed by atoms with Gasteiger partial charge in [-0.3, -0.25) is 0 Å². The minimum atomic E-state index is -2.97. The zero-order valence-electron chi connectivity index (χ0n) is 12.9. The first-order chi connectivity index (χ1) is 8.85. The Morgan fingerprint density at radius 3 is 1.65 bits per heavy atom. The number of benzene rings is 1. The zero-order valence-corrected chi connectivity index (χ0v) is 13.8. The van der Waals surface area contributed by atoms with Gasteiger partial charge in [0.1, 0.15) is 5.75 Å². The molecule has 0 aromatic heterocycles. The van der Waals surface area contributed by atoms with Crippen molar-refractivity contribution in [3.8, 4) is 5.75 Å². The van der Waals surface area contributed by atoms with Crippen LogP contribution in [0.15, 0.2) is 12.1 Å². The lowest BCUT2D eigenvalue weighted by atomic mass is 9.78. The molecule has 112 valence electrons. The smallest absolute Gasteiger partial charge is 0.346 e. The summed E-state index contributed by atoms with van der Waals surface area (Å²) < 4.78 is 11.0. The van der Waals surface area contributed by atoms with Crippen LogP contribution < -0.4 is 4.89 Å². The molecule has 4 nitrogen and oxygen atoms in total. The van der Waals surface area contributed by atoms with E-state index in [0.717, 1.165) is 0 Å². The van der Waals surface area contributed by atoms with E-state index < -0.39 is 13.9 Å². The van der Waals surface area contributed by atoms with Gasteiger partial charge in [0, 0.05) is 16.7 Å².